The Hall–Kier alpha value is -3.24. The van der Waals surface area contributed by atoms with Crippen LogP contribution in [0.3, 0.4) is 0 Å². The Kier molecular flexibility index (Phi) is 5.77. The van der Waals surface area contributed by atoms with Gasteiger partial charge in [-0.2, -0.15) is 0 Å². The summed E-state index contributed by atoms with van der Waals surface area (Å²) in [5.41, 5.74) is 5.20. The van der Waals surface area contributed by atoms with Crippen LogP contribution in [0.4, 0.5) is 10.5 Å². The molecule has 0 aliphatic heterocycles. The van der Waals surface area contributed by atoms with E-state index in [4.69, 9.17) is 11.6 Å². The number of aryl methyl sites for hydroxylation is 2. The highest BCUT2D eigenvalue weighted by atomic mass is 35.5. The normalized spacial score (nSPS) is 12.0. The summed E-state index contributed by atoms with van der Waals surface area (Å²) in [6, 6.07) is 23.8. The number of fused-ring (bicyclic) bond motifs is 1. The molecule has 0 bridgehead atoms. The van der Waals surface area contributed by atoms with Crippen LogP contribution in [0.15, 0.2) is 79.0 Å². The van der Waals surface area contributed by atoms with Crippen molar-refractivity contribution in [3.8, 4) is 0 Å². The van der Waals surface area contributed by atoms with E-state index in [1.54, 1.807) is 6.07 Å². The van der Waals surface area contributed by atoms with Crippen LogP contribution in [0.2, 0.25) is 5.02 Å². The summed E-state index contributed by atoms with van der Waals surface area (Å²) in [6.07, 6.45) is 2.16. The lowest BCUT2D eigenvalue weighted by atomic mass is 9.91. The van der Waals surface area contributed by atoms with E-state index < -0.39 is 0 Å². The smallest absolute Gasteiger partial charge is 0.319 e. The SMILES string of the molecule is Cc1ccc(Cl)cc1NC(=O)NCC(c1ccccc1)c1cn(C)c2ccccc12. The van der Waals surface area contributed by atoms with Gasteiger partial charge in [0.1, 0.15) is 0 Å². The molecular formula is C25H24ClN3O. The van der Waals surface area contributed by atoms with Gasteiger partial charge in [0.05, 0.1) is 0 Å². The second-order valence-corrected chi connectivity index (χ2v) is 7.91. The molecule has 4 rings (SSSR count). The first-order chi connectivity index (χ1) is 14.5. The molecule has 0 spiro atoms. The number of amides is 2. The van der Waals surface area contributed by atoms with Crippen molar-refractivity contribution >= 4 is 34.2 Å². The number of carbonyl (C=O) groups excluding carboxylic acids is 1. The maximum atomic E-state index is 12.6. The lowest BCUT2D eigenvalue weighted by Crippen LogP contribution is -2.33. The van der Waals surface area contributed by atoms with Crippen molar-refractivity contribution in [1.82, 2.24) is 9.88 Å². The van der Waals surface area contributed by atoms with E-state index in [0.717, 1.165) is 11.1 Å². The van der Waals surface area contributed by atoms with Crippen molar-refractivity contribution in [3.63, 3.8) is 0 Å². The van der Waals surface area contributed by atoms with E-state index >= 15 is 0 Å². The molecule has 3 aromatic carbocycles. The van der Waals surface area contributed by atoms with E-state index in [2.05, 4.69) is 58.8 Å². The molecule has 0 saturated heterocycles. The molecule has 152 valence electrons. The van der Waals surface area contributed by atoms with E-state index in [1.165, 1.54) is 16.5 Å². The lowest BCUT2D eigenvalue weighted by Gasteiger charge is -2.19. The Bertz CT molecular complexity index is 1180. The van der Waals surface area contributed by atoms with E-state index in [0.29, 0.717) is 17.3 Å². The highest BCUT2D eigenvalue weighted by molar-refractivity contribution is 6.31. The number of nitrogens with one attached hydrogen (secondary N) is 2. The minimum atomic E-state index is -0.249. The van der Waals surface area contributed by atoms with Crippen molar-refractivity contribution in [1.29, 1.82) is 0 Å². The Morgan fingerprint density at radius 1 is 1.03 bits per heavy atom. The molecule has 1 atom stereocenters. The van der Waals surface area contributed by atoms with Gasteiger partial charge in [-0.3, -0.25) is 0 Å². The average molecular weight is 418 g/mol. The molecule has 0 aliphatic carbocycles. The number of aromatic nitrogens is 1. The van der Waals surface area contributed by atoms with Crippen LogP contribution < -0.4 is 10.6 Å². The standard InChI is InChI=1S/C25H24ClN3O/c1-17-12-13-19(26)14-23(17)28-25(30)27-15-21(18-8-4-3-5-9-18)22-16-29(2)24-11-7-6-10-20(22)24/h3-14,16,21H,15H2,1-2H3,(H2,27,28,30). The number of urea groups is 1. The Morgan fingerprint density at radius 2 is 1.77 bits per heavy atom. The molecule has 0 fully saturated rings. The van der Waals surface area contributed by atoms with E-state index in [9.17, 15) is 4.79 Å². The maximum absolute atomic E-state index is 12.6. The summed E-state index contributed by atoms with van der Waals surface area (Å²) in [6.45, 7) is 2.41. The van der Waals surface area contributed by atoms with Gasteiger partial charge >= 0.3 is 6.03 Å². The second kappa shape index (κ2) is 8.64. The Balaban J connectivity index is 1.60. The lowest BCUT2D eigenvalue weighted by molar-refractivity contribution is 0.252. The second-order valence-electron chi connectivity index (χ2n) is 7.47. The molecule has 5 heteroatoms. The zero-order valence-corrected chi connectivity index (χ0v) is 17.8. The number of para-hydroxylation sites is 1. The molecule has 1 heterocycles. The van der Waals surface area contributed by atoms with Crippen LogP contribution in [0.25, 0.3) is 10.9 Å². The number of nitrogens with zero attached hydrogens (tertiary/aromatic N) is 1. The van der Waals surface area contributed by atoms with Gasteiger partial charge in [0.15, 0.2) is 0 Å². The minimum absolute atomic E-state index is 0.0310. The number of benzene rings is 3. The predicted octanol–water partition coefficient (Wildman–Crippen LogP) is 6.09. The van der Waals surface area contributed by atoms with Crippen molar-refractivity contribution in [3.05, 3.63) is 101 Å². The van der Waals surface area contributed by atoms with E-state index in [-0.39, 0.29) is 11.9 Å². The van der Waals surface area contributed by atoms with Crippen LogP contribution in [-0.2, 0) is 7.05 Å². The number of anilines is 1. The topological polar surface area (TPSA) is 46.1 Å². The van der Waals surface area contributed by atoms with Crippen molar-refractivity contribution in [2.24, 2.45) is 7.05 Å². The Labute approximate surface area is 181 Å². The highest BCUT2D eigenvalue weighted by Crippen LogP contribution is 2.31. The summed E-state index contributed by atoms with van der Waals surface area (Å²) in [5.74, 6) is 0.0310. The van der Waals surface area contributed by atoms with E-state index in [1.807, 2.05) is 43.3 Å². The Morgan fingerprint density at radius 3 is 2.57 bits per heavy atom. The molecule has 30 heavy (non-hydrogen) atoms. The fraction of sp³-hybridized carbons (Fsp3) is 0.160. The summed E-state index contributed by atoms with van der Waals surface area (Å²) in [4.78, 5) is 12.6. The van der Waals surface area contributed by atoms with Crippen LogP contribution in [0.1, 0.15) is 22.6 Å². The minimum Gasteiger partial charge on any atom is -0.350 e. The van der Waals surface area contributed by atoms with Crippen LogP contribution >= 0.6 is 11.6 Å². The zero-order valence-electron chi connectivity index (χ0n) is 17.0. The first kappa shape index (κ1) is 20.0. The summed E-state index contributed by atoms with van der Waals surface area (Å²) in [5, 5.41) is 7.75. The molecule has 0 saturated carbocycles. The maximum Gasteiger partial charge on any atom is 0.319 e. The molecule has 4 nitrogen and oxygen atoms in total. The van der Waals surface area contributed by atoms with Crippen molar-refractivity contribution in [2.45, 2.75) is 12.8 Å². The molecule has 4 aromatic rings. The third-order valence-electron chi connectivity index (χ3n) is 5.42. The monoisotopic (exact) mass is 417 g/mol. The number of hydrogen-bond acceptors (Lipinski definition) is 1. The van der Waals surface area contributed by atoms with Gasteiger partial charge < -0.3 is 15.2 Å². The first-order valence-corrected chi connectivity index (χ1v) is 10.3. The predicted molar refractivity (Wildman–Crippen MR) is 124 cm³/mol. The molecule has 2 N–H and O–H groups in total. The van der Waals surface area contributed by atoms with Gasteiger partial charge in [-0.05, 0) is 41.8 Å². The van der Waals surface area contributed by atoms with Crippen LogP contribution in [0.5, 0.6) is 0 Å². The van der Waals surface area contributed by atoms with Crippen molar-refractivity contribution in [2.75, 3.05) is 11.9 Å². The van der Waals surface area contributed by atoms with Gasteiger partial charge in [-0.15, -0.1) is 0 Å². The quantitative estimate of drug-likeness (QED) is 0.405. The average Bonchev–Trinajstić information content (AvgIpc) is 3.08. The van der Waals surface area contributed by atoms with Gasteiger partial charge in [-0.1, -0.05) is 66.2 Å². The van der Waals surface area contributed by atoms with Crippen LogP contribution in [0, 0.1) is 6.92 Å². The molecule has 1 aromatic heterocycles. The zero-order chi connectivity index (χ0) is 21.1. The molecule has 2 amide bonds. The summed E-state index contributed by atoms with van der Waals surface area (Å²) < 4.78 is 2.13. The molecular weight excluding hydrogens is 394 g/mol. The number of halogens is 1. The summed E-state index contributed by atoms with van der Waals surface area (Å²) >= 11 is 6.07. The molecule has 0 radical (unpaired) electrons. The van der Waals surface area contributed by atoms with Gasteiger partial charge in [0.2, 0.25) is 0 Å². The first-order valence-electron chi connectivity index (χ1n) is 9.93. The van der Waals surface area contributed by atoms with Gasteiger partial charge in [0.25, 0.3) is 0 Å². The fourth-order valence-electron chi connectivity index (χ4n) is 3.83. The number of hydrogen-bond donors (Lipinski definition) is 2. The summed E-state index contributed by atoms with van der Waals surface area (Å²) in [7, 11) is 2.05. The van der Waals surface area contributed by atoms with Gasteiger partial charge in [-0.25, -0.2) is 4.79 Å². The number of rotatable bonds is 5. The van der Waals surface area contributed by atoms with Crippen LogP contribution in [-0.4, -0.2) is 17.1 Å². The third-order valence-corrected chi connectivity index (χ3v) is 5.65. The molecule has 0 aliphatic rings. The highest BCUT2D eigenvalue weighted by Gasteiger charge is 2.20. The number of carbonyl (C=O) groups is 1. The van der Waals surface area contributed by atoms with Crippen molar-refractivity contribution < 1.29 is 4.79 Å². The third kappa shape index (κ3) is 4.19. The fourth-order valence-corrected chi connectivity index (χ4v) is 4.01. The largest absolute Gasteiger partial charge is 0.350 e. The van der Waals surface area contributed by atoms with Gasteiger partial charge in [0, 0.05) is 47.3 Å². The molecule has 1 unspecified atom stereocenters.